The van der Waals surface area contributed by atoms with Gasteiger partial charge in [0.25, 0.3) is 0 Å². The molecule has 348 valence electrons. The van der Waals surface area contributed by atoms with E-state index in [-0.39, 0.29) is 71.1 Å². The third-order valence-electron chi connectivity index (χ3n) is 15.1. The summed E-state index contributed by atoms with van der Waals surface area (Å²) in [7, 11) is 0. The lowest BCUT2D eigenvalue weighted by Crippen LogP contribution is -2.65. The minimum atomic E-state index is -0.117. The second-order valence-electron chi connectivity index (χ2n) is 22.9. The van der Waals surface area contributed by atoms with Crippen molar-refractivity contribution in [1.82, 2.24) is 29.7 Å². The number of nitrogens with zero attached hydrogens (tertiary/aromatic N) is 8. The first-order chi connectivity index (χ1) is 27.9. The molecule has 0 amide bonds. The van der Waals surface area contributed by atoms with Gasteiger partial charge in [0.1, 0.15) is 5.82 Å². The molecule has 3 N–H and O–H groups in total. The first-order valence-electron chi connectivity index (χ1n) is 24.4. The van der Waals surface area contributed by atoms with Crippen molar-refractivity contribution < 1.29 is 15.3 Å². The molecule has 3 aliphatic rings. The third-order valence-corrected chi connectivity index (χ3v) is 15.1. The number of aliphatic hydroxyl groups excluding tert-OH is 3. The van der Waals surface area contributed by atoms with E-state index in [1.807, 2.05) is 0 Å². The summed E-state index contributed by atoms with van der Waals surface area (Å²) < 4.78 is 0. The van der Waals surface area contributed by atoms with Gasteiger partial charge in [0, 0.05) is 84.0 Å². The predicted octanol–water partition coefficient (Wildman–Crippen LogP) is 8.65. The van der Waals surface area contributed by atoms with E-state index < -0.39 is 0 Å². The summed E-state index contributed by atoms with van der Waals surface area (Å²) in [5.41, 5.74) is -0.637. The van der Waals surface area contributed by atoms with Gasteiger partial charge in [0.2, 0.25) is 11.9 Å². The van der Waals surface area contributed by atoms with Gasteiger partial charge >= 0.3 is 0 Å². The number of β-amino-alcohol motifs (C(OH)–C–C–N with tert-alkyl or cyclic N) is 3. The Balaban J connectivity index is 1.98. The first kappa shape index (κ1) is 51.0. The van der Waals surface area contributed by atoms with E-state index in [1.165, 1.54) is 0 Å². The zero-order valence-electron chi connectivity index (χ0n) is 41.6. The van der Waals surface area contributed by atoms with Crippen LogP contribution in [0.3, 0.4) is 0 Å². The smallest absolute Gasteiger partial charge is 0.230 e. The fourth-order valence-electron chi connectivity index (χ4n) is 13.1. The van der Waals surface area contributed by atoms with Crippen molar-refractivity contribution in [3.63, 3.8) is 0 Å². The minimum absolute atomic E-state index is 0.0853. The molecule has 1 aromatic rings. The van der Waals surface area contributed by atoms with Gasteiger partial charge in [0.05, 0.1) is 19.8 Å². The summed E-state index contributed by atoms with van der Waals surface area (Å²) in [6, 6.07) is 0.467. The van der Waals surface area contributed by atoms with Gasteiger partial charge in [-0.2, -0.15) is 15.0 Å². The van der Waals surface area contributed by atoms with E-state index in [9.17, 15) is 15.3 Å². The molecule has 3 aliphatic heterocycles. The highest BCUT2D eigenvalue weighted by atomic mass is 16.3. The van der Waals surface area contributed by atoms with Crippen molar-refractivity contribution in [3.8, 4) is 0 Å². The van der Waals surface area contributed by atoms with Crippen LogP contribution in [-0.4, -0.2) is 143 Å². The Morgan fingerprint density at radius 1 is 0.500 bits per heavy atom. The normalized spacial score (nSPS) is 24.1. The second-order valence-corrected chi connectivity index (χ2v) is 22.9. The summed E-state index contributed by atoms with van der Waals surface area (Å²) in [5, 5.41) is 30.5. The Morgan fingerprint density at radius 2 is 0.817 bits per heavy atom. The molecular formula is C49H94N8O3. The van der Waals surface area contributed by atoms with Gasteiger partial charge in [-0.15, -0.1) is 0 Å². The van der Waals surface area contributed by atoms with Crippen LogP contribution < -0.4 is 9.80 Å². The van der Waals surface area contributed by atoms with E-state index in [0.29, 0.717) is 25.6 Å². The van der Waals surface area contributed by atoms with Gasteiger partial charge in [0.15, 0.2) is 0 Å². The number of hydrogen-bond acceptors (Lipinski definition) is 11. The minimum Gasteiger partial charge on any atom is -0.395 e. The lowest BCUT2D eigenvalue weighted by molar-refractivity contribution is -0.0651. The topological polar surface area (TPSA) is 116 Å². The largest absolute Gasteiger partial charge is 0.395 e. The Hall–Kier alpha value is -1.63. The summed E-state index contributed by atoms with van der Waals surface area (Å²) in [6.45, 7) is 39.5. The average molecular weight is 843 g/mol. The van der Waals surface area contributed by atoms with Crippen molar-refractivity contribution in [2.24, 2.45) is 5.92 Å². The van der Waals surface area contributed by atoms with Crippen LogP contribution in [0.25, 0.3) is 0 Å². The molecule has 60 heavy (non-hydrogen) atoms. The maximum absolute atomic E-state index is 10.2. The monoisotopic (exact) mass is 843 g/mol. The number of hydrogen-bond donors (Lipinski definition) is 3. The van der Waals surface area contributed by atoms with E-state index in [4.69, 9.17) is 15.0 Å². The molecule has 11 nitrogen and oxygen atoms in total. The fraction of sp³-hybridized carbons (Fsp3) is 0.939. The fourth-order valence-corrected chi connectivity index (χ4v) is 13.1. The summed E-state index contributed by atoms with van der Waals surface area (Å²) in [6.07, 6.45) is 13.5. The van der Waals surface area contributed by atoms with Crippen LogP contribution in [0.15, 0.2) is 0 Å². The van der Waals surface area contributed by atoms with Crippen LogP contribution >= 0.6 is 0 Å². The van der Waals surface area contributed by atoms with Crippen molar-refractivity contribution in [2.45, 2.75) is 239 Å². The van der Waals surface area contributed by atoms with Gasteiger partial charge in [-0.25, -0.2) is 0 Å². The Labute approximate surface area is 368 Å². The molecule has 0 bridgehead atoms. The number of aliphatic hydroxyl groups is 3. The quantitative estimate of drug-likeness (QED) is 0.111. The number of rotatable bonds is 21. The van der Waals surface area contributed by atoms with Crippen LogP contribution in [0.2, 0.25) is 0 Å². The lowest BCUT2D eigenvalue weighted by Gasteiger charge is -2.57. The van der Waals surface area contributed by atoms with E-state index in [1.54, 1.807) is 0 Å². The molecule has 3 fully saturated rings. The number of aromatic nitrogens is 3. The highest BCUT2D eigenvalue weighted by Crippen LogP contribution is 2.49. The Kier molecular flexibility index (Phi) is 17.4. The van der Waals surface area contributed by atoms with E-state index >= 15 is 0 Å². The molecule has 0 aliphatic carbocycles. The predicted molar refractivity (Wildman–Crippen MR) is 251 cm³/mol. The Bertz CT molecular complexity index is 1240. The van der Waals surface area contributed by atoms with Crippen molar-refractivity contribution in [3.05, 3.63) is 5.82 Å². The number of unbranched alkanes of at least 4 members (excludes halogenated alkanes) is 3. The standard InChI is InChI=1S/C49H94N8O3/c1-16-19-22-40(37-31-44(4,5)55(25-28-58)45(6,7)32-37)41-50-42(53(23-20-17-2)38-33-46(8,9)56(26-29-59)47(10,11)34-38)52-43(51-41)54(24-21-18-3)39-35-48(12,13)57(27-30-60)49(14,15)36-39/h37-40,58-60H,16-36H2,1-15H3. The molecule has 4 rings (SSSR count). The zero-order chi connectivity index (χ0) is 44.9. The van der Waals surface area contributed by atoms with Crippen LogP contribution in [0.5, 0.6) is 0 Å². The molecule has 11 heteroatoms. The van der Waals surface area contributed by atoms with Crippen LogP contribution in [0.1, 0.15) is 199 Å². The molecular weight excluding hydrogens is 749 g/mol. The molecule has 4 heterocycles. The molecule has 1 atom stereocenters. The molecule has 1 unspecified atom stereocenters. The highest BCUT2D eigenvalue weighted by molar-refractivity contribution is 5.43. The maximum Gasteiger partial charge on any atom is 0.230 e. The average Bonchev–Trinajstić information content (AvgIpc) is 3.12. The molecule has 0 saturated carbocycles. The number of piperidine rings is 3. The molecule has 0 spiro atoms. The lowest BCUT2D eigenvalue weighted by atomic mass is 9.68. The number of likely N-dealkylation sites (tertiary alicyclic amines) is 3. The second kappa shape index (κ2) is 20.5. The van der Waals surface area contributed by atoms with Gasteiger partial charge in [-0.05, 0) is 147 Å². The van der Waals surface area contributed by atoms with Crippen LogP contribution in [0.4, 0.5) is 11.9 Å². The summed E-state index contributed by atoms with van der Waals surface area (Å²) >= 11 is 0. The third kappa shape index (κ3) is 11.7. The Morgan fingerprint density at radius 3 is 1.12 bits per heavy atom. The van der Waals surface area contributed by atoms with Gasteiger partial charge in [-0.3, -0.25) is 14.7 Å². The van der Waals surface area contributed by atoms with E-state index in [0.717, 1.165) is 114 Å². The highest BCUT2D eigenvalue weighted by Gasteiger charge is 2.50. The van der Waals surface area contributed by atoms with Crippen LogP contribution in [-0.2, 0) is 0 Å². The molecule has 1 aromatic heterocycles. The summed E-state index contributed by atoms with van der Waals surface area (Å²) in [5.74, 6) is 3.20. The van der Waals surface area contributed by atoms with Crippen molar-refractivity contribution in [1.29, 1.82) is 0 Å². The molecule has 0 aromatic carbocycles. The van der Waals surface area contributed by atoms with E-state index in [2.05, 4.69) is 128 Å². The summed E-state index contributed by atoms with van der Waals surface area (Å²) in [4.78, 5) is 29.9. The van der Waals surface area contributed by atoms with Crippen LogP contribution in [0, 0.1) is 5.92 Å². The first-order valence-corrected chi connectivity index (χ1v) is 24.4. The number of anilines is 2. The molecule has 3 saturated heterocycles. The van der Waals surface area contributed by atoms with Gasteiger partial charge in [-0.1, -0.05) is 46.5 Å². The molecule has 0 radical (unpaired) electrons. The zero-order valence-corrected chi connectivity index (χ0v) is 41.6. The maximum atomic E-state index is 10.2. The SMILES string of the molecule is CCCCC(c1nc(N(CCCC)C2CC(C)(C)N(CCO)C(C)(C)C2)nc(N(CCCC)C2CC(C)(C)N(CCO)C(C)(C)C2)n1)C1CC(C)(C)N(CCO)C(C)(C)C1. The van der Waals surface area contributed by atoms with Gasteiger partial charge < -0.3 is 25.1 Å². The van der Waals surface area contributed by atoms with Crippen molar-refractivity contribution >= 4 is 11.9 Å². The van der Waals surface area contributed by atoms with Crippen molar-refractivity contribution in [2.75, 3.05) is 62.3 Å².